The number of carbonyl (C=O) groups is 1. The molecule has 3 heteroatoms. The van der Waals surface area contributed by atoms with Crippen LogP contribution in [0, 0.1) is 16.7 Å². The van der Waals surface area contributed by atoms with E-state index in [0.29, 0.717) is 0 Å². The minimum absolute atomic E-state index is 0.173. The van der Waals surface area contributed by atoms with Crippen molar-refractivity contribution in [1.29, 1.82) is 0 Å². The van der Waals surface area contributed by atoms with Crippen LogP contribution in [0.15, 0.2) is 0 Å². The Kier molecular flexibility index (Phi) is 5.42. The minimum atomic E-state index is -0.668. The molecule has 0 heterocycles. The molecule has 0 aromatic rings. The van der Waals surface area contributed by atoms with Crippen molar-refractivity contribution in [2.45, 2.75) is 48.0 Å². The molecule has 1 N–H and O–H groups in total. The molecule has 0 radical (unpaired) electrons. The lowest BCUT2D eigenvalue weighted by Crippen LogP contribution is -2.47. The van der Waals surface area contributed by atoms with Gasteiger partial charge in [0.05, 0.1) is 33.1 Å². The topological polar surface area (TPSA) is 37.3 Å². The lowest BCUT2D eigenvalue weighted by molar-refractivity contribution is -0.896. The lowest BCUT2D eigenvalue weighted by Gasteiger charge is -2.37. The van der Waals surface area contributed by atoms with Crippen LogP contribution in [-0.4, -0.2) is 42.7 Å². The second-order valence-electron chi connectivity index (χ2n) is 8.42. The number of carboxylic acid groups (broad SMARTS) is 1. The van der Waals surface area contributed by atoms with Crippen molar-refractivity contribution in [2.75, 3.05) is 27.2 Å². The molecule has 0 aliphatic rings. The molecule has 0 amide bonds. The van der Waals surface area contributed by atoms with Gasteiger partial charge >= 0.3 is 5.97 Å². The summed E-state index contributed by atoms with van der Waals surface area (Å²) < 4.78 is 0.878. The van der Waals surface area contributed by atoms with Crippen LogP contribution < -0.4 is 0 Å². The Bertz CT molecular complexity index is 282. The molecule has 0 aromatic carbocycles. The zero-order valence-electron chi connectivity index (χ0n) is 13.5. The average molecular weight is 258 g/mol. The van der Waals surface area contributed by atoms with Gasteiger partial charge in [0.25, 0.3) is 0 Å². The molecule has 0 aliphatic carbocycles. The predicted octanol–water partition coefficient (Wildman–Crippen LogP) is 3.25. The number of carboxylic acids is 1. The summed E-state index contributed by atoms with van der Waals surface area (Å²) in [6.45, 7) is 14.7. The van der Waals surface area contributed by atoms with Crippen LogP contribution in [0.4, 0.5) is 0 Å². The quantitative estimate of drug-likeness (QED) is 0.769. The van der Waals surface area contributed by atoms with E-state index in [9.17, 15) is 9.90 Å². The van der Waals surface area contributed by atoms with E-state index in [1.165, 1.54) is 0 Å². The van der Waals surface area contributed by atoms with Crippen molar-refractivity contribution >= 4 is 5.97 Å². The number of hydrogen-bond donors (Lipinski definition) is 1. The number of aliphatic carboxylic acids is 1. The first-order chi connectivity index (χ1) is 7.75. The molecule has 0 aromatic heterocycles. The van der Waals surface area contributed by atoms with Crippen LogP contribution >= 0.6 is 0 Å². The highest BCUT2D eigenvalue weighted by atomic mass is 16.4. The summed E-state index contributed by atoms with van der Waals surface area (Å²) in [7, 11) is 4.37. The molecule has 0 spiro atoms. The summed E-state index contributed by atoms with van der Waals surface area (Å²) >= 11 is 0. The van der Waals surface area contributed by atoms with Crippen LogP contribution in [0.2, 0.25) is 0 Å². The van der Waals surface area contributed by atoms with Gasteiger partial charge in [0.1, 0.15) is 0 Å². The second kappa shape index (κ2) is 5.60. The molecule has 0 bridgehead atoms. The summed E-state index contributed by atoms with van der Waals surface area (Å²) in [5, 5.41) is 9.33. The lowest BCUT2D eigenvalue weighted by atomic mass is 9.78. The van der Waals surface area contributed by atoms with Gasteiger partial charge in [0.15, 0.2) is 0 Å². The molecule has 108 valence electrons. The highest BCUT2D eigenvalue weighted by molar-refractivity contribution is 5.70. The normalized spacial score (nSPS) is 15.6. The number of rotatable bonds is 5. The van der Waals surface area contributed by atoms with Crippen LogP contribution in [-0.2, 0) is 4.79 Å². The molecule has 18 heavy (non-hydrogen) atoms. The molecular formula is C15H32NO2+. The molecule has 0 aliphatic heterocycles. The fourth-order valence-corrected chi connectivity index (χ4v) is 2.77. The maximum Gasteiger partial charge on any atom is 0.307 e. The summed E-state index contributed by atoms with van der Waals surface area (Å²) in [6, 6.07) is 0. The number of hydrogen-bond acceptors (Lipinski definition) is 1. The molecule has 1 unspecified atom stereocenters. The Hall–Kier alpha value is -0.570. The van der Waals surface area contributed by atoms with E-state index in [2.05, 4.69) is 34.9 Å². The van der Waals surface area contributed by atoms with Gasteiger partial charge in [-0.1, -0.05) is 41.5 Å². The molecule has 1 atom stereocenters. The van der Waals surface area contributed by atoms with E-state index >= 15 is 0 Å². The standard InChI is InChI=1S/C15H31NO2/c1-14(2,3)11-16(7,8)10-9-12(13(17)18)15(4,5)6/h12H,9-11H2,1-8H3/p+1. The van der Waals surface area contributed by atoms with Gasteiger partial charge in [-0.2, -0.15) is 0 Å². The Labute approximate surface area is 113 Å². The molecule has 3 nitrogen and oxygen atoms in total. The highest BCUT2D eigenvalue weighted by Crippen LogP contribution is 2.30. The fraction of sp³-hybridized carbons (Fsp3) is 0.933. The predicted molar refractivity (Wildman–Crippen MR) is 76.5 cm³/mol. The zero-order chi connectivity index (χ0) is 14.8. The van der Waals surface area contributed by atoms with Crippen LogP contribution in [0.1, 0.15) is 48.0 Å². The van der Waals surface area contributed by atoms with Gasteiger partial charge < -0.3 is 9.59 Å². The summed E-state index contributed by atoms with van der Waals surface area (Å²) in [6.07, 6.45) is 0.738. The van der Waals surface area contributed by atoms with E-state index in [1.807, 2.05) is 20.8 Å². The zero-order valence-corrected chi connectivity index (χ0v) is 13.5. The molecule has 0 saturated carbocycles. The number of quaternary nitrogens is 1. The third-order valence-electron chi connectivity index (χ3n) is 3.27. The van der Waals surface area contributed by atoms with Gasteiger partial charge in [-0.15, -0.1) is 0 Å². The third kappa shape index (κ3) is 7.00. The van der Waals surface area contributed by atoms with Gasteiger partial charge in [0.2, 0.25) is 0 Å². The van der Waals surface area contributed by atoms with Gasteiger partial charge in [-0.05, 0) is 5.41 Å². The van der Waals surface area contributed by atoms with Crippen LogP contribution in [0.3, 0.4) is 0 Å². The number of nitrogens with zero attached hydrogens (tertiary/aromatic N) is 1. The van der Waals surface area contributed by atoms with Gasteiger partial charge in [-0.3, -0.25) is 4.79 Å². The SMILES string of the molecule is CC(C)(C)C[N+](C)(C)CCC(C(=O)O)C(C)(C)C. The van der Waals surface area contributed by atoms with Crippen molar-refractivity contribution in [3.8, 4) is 0 Å². The van der Waals surface area contributed by atoms with Crippen molar-refractivity contribution in [3.05, 3.63) is 0 Å². The maximum absolute atomic E-state index is 11.3. The second-order valence-corrected chi connectivity index (χ2v) is 8.42. The first-order valence-corrected chi connectivity index (χ1v) is 6.79. The summed E-state index contributed by atoms with van der Waals surface area (Å²) in [4.78, 5) is 11.3. The van der Waals surface area contributed by atoms with E-state index in [1.54, 1.807) is 0 Å². The van der Waals surface area contributed by atoms with Crippen molar-refractivity contribution < 1.29 is 14.4 Å². The molecule has 0 fully saturated rings. The minimum Gasteiger partial charge on any atom is -0.481 e. The first kappa shape index (κ1) is 17.4. The van der Waals surface area contributed by atoms with Crippen molar-refractivity contribution in [1.82, 2.24) is 0 Å². The Morgan fingerprint density at radius 2 is 1.56 bits per heavy atom. The van der Waals surface area contributed by atoms with E-state index in [-0.39, 0.29) is 16.7 Å². The Morgan fingerprint density at radius 3 is 1.83 bits per heavy atom. The van der Waals surface area contributed by atoms with Gasteiger partial charge in [-0.25, -0.2) is 0 Å². The summed E-state index contributed by atoms with van der Waals surface area (Å²) in [5.41, 5.74) is 0.0948. The van der Waals surface area contributed by atoms with Gasteiger partial charge in [0, 0.05) is 11.8 Å². The highest BCUT2D eigenvalue weighted by Gasteiger charge is 2.34. The van der Waals surface area contributed by atoms with E-state index in [0.717, 1.165) is 24.0 Å². The van der Waals surface area contributed by atoms with E-state index < -0.39 is 5.97 Å². The molecular weight excluding hydrogens is 226 g/mol. The van der Waals surface area contributed by atoms with Crippen LogP contribution in [0.5, 0.6) is 0 Å². The monoisotopic (exact) mass is 258 g/mol. The summed E-state index contributed by atoms with van der Waals surface area (Å²) in [5.74, 6) is -0.937. The fourth-order valence-electron chi connectivity index (χ4n) is 2.77. The maximum atomic E-state index is 11.3. The van der Waals surface area contributed by atoms with Crippen molar-refractivity contribution in [3.63, 3.8) is 0 Å². The third-order valence-corrected chi connectivity index (χ3v) is 3.27. The molecule has 0 saturated heterocycles. The largest absolute Gasteiger partial charge is 0.481 e. The molecule has 0 rings (SSSR count). The average Bonchev–Trinajstić information content (AvgIpc) is 1.94. The Balaban J connectivity index is 4.58. The van der Waals surface area contributed by atoms with E-state index in [4.69, 9.17) is 0 Å². The Morgan fingerprint density at radius 1 is 1.11 bits per heavy atom. The van der Waals surface area contributed by atoms with Crippen LogP contribution in [0.25, 0.3) is 0 Å². The van der Waals surface area contributed by atoms with Crippen molar-refractivity contribution in [2.24, 2.45) is 16.7 Å². The first-order valence-electron chi connectivity index (χ1n) is 6.79. The smallest absolute Gasteiger partial charge is 0.307 e.